The Labute approximate surface area is 177 Å². The fourth-order valence-corrected chi connectivity index (χ4v) is 4.17. The number of sulfonamides is 1. The number of hydrogen-bond donors (Lipinski definition) is 2. The van der Waals surface area contributed by atoms with Crippen LogP contribution in [0.5, 0.6) is 0 Å². The predicted molar refractivity (Wildman–Crippen MR) is 118 cm³/mol. The molecule has 0 aliphatic carbocycles. The van der Waals surface area contributed by atoms with Crippen LogP contribution < -0.4 is 10.0 Å². The molecule has 1 heterocycles. The fourth-order valence-electron chi connectivity index (χ4n) is 2.85. The van der Waals surface area contributed by atoms with Crippen molar-refractivity contribution < 1.29 is 13.2 Å². The molecule has 1 unspecified atom stereocenters. The summed E-state index contributed by atoms with van der Waals surface area (Å²) in [7, 11) is -3.59. The van der Waals surface area contributed by atoms with Gasteiger partial charge in [0.1, 0.15) is 0 Å². The van der Waals surface area contributed by atoms with Crippen molar-refractivity contribution in [2.75, 3.05) is 5.32 Å². The Bertz CT molecular complexity index is 1080. The van der Waals surface area contributed by atoms with E-state index >= 15 is 0 Å². The van der Waals surface area contributed by atoms with Crippen LogP contribution in [0, 0.1) is 0 Å². The van der Waals surface area contributed by atoms with Crippen molar-refractivity contribution in [3.8, 4) is 0 Å². The first kappa shape index (κ1) is 21.7. The second-order valence-electron chi connectivity index (χ2n) is 7.14. The first-order chi connectivity index (χ1) is 14.4. The number of rotatable bonds is 8. The van der Waals surface area contributed by atoms with Crippen molar-refractivity contribution in [3.05, 3.63) is 89.7 Å². The Hall–Kier alpha value is -3.03. The zero-order valence-corrected chi connectivity index (χ0v) is 17.8. The Morgan fingerprint density at radius 1 is 0.933 bits per heavy atom. The number of carbonyl (C=O) groups excluding carboxylic acids is 1. The molecule has 0 fully saturated rings. The third-order valence-corrected chi connectivity index (χ3v) is 6.37. The molecule has 1 amide bonds. The summed E-state index contributed by atoms with van der Waals surface area (Å²) in [5, 5.41) is 2.83. The van der Waals surface area contributed by atoms with E-state index in [0.29, 0.717) is 17.7 Å². The summed E-state index contributed by atoms with van der Waals surface area (Å²) >= 11 is 0. The molecule has 3 aromatic rings. The lowest BCUT2D eigenvalue weighted by molar-refractivity contribution is 0.102. The lowest BCUT2D eigenvalue weighted by Gasteiger charge is -2.12. The number of anilines is 1. The van der Waals surface area contributed by atoms with Crippen LogP contribution in [0.4, 0.5) is 5.69 Å². The van der Waals surface area contributed by atoms with E-state index < -0.39 is 10.0 Å². The zero-order valence-electron chi connectivity index (χ0n) is 17.0. The fraction of sp³-hybridized carbons (Fsp3) is 0.217. The quantitative estimate of drug-likeness (QED) is 0.573. The van der Waals surface area contributed by atoms with Gasteiger partial charge in [0, 0.05) is 29.7 Å². The minimum absolute atomic E-state index is 0.139. The highest BCUT2D eigenvalue weighted by Gasteiger charge is 2.17. The molecule has 0 aliphatic rings. The van der Waals surface area contributed by atoms with E-state index in [1.165, 1.54) is 29.8 Å². The molecule has 0 radical (unpaired) electrons. The SMILES string of the molecule is CCC(C)NS(=O)(=O)c1ccc(C(=O)Nc2ccc(Cc3ccncc3)cc2)cc1. The second-order valence-corrected chi connectivity index (χ2v) is 8.85. The number of benzene rings is 2. The van der Waals surface area contributed by atoms with Gasteiger partial charge in [-0.25, -0.2) is 13.1 Å². The van der Waals surface area contributed by atoms with Crippen molar-refractivity contribution in [1.82, 2.24) is 9.71 Å². The molecule has 2 aromatic carbocycles. The lowest BCUT2D eigenvalue weighted by Crippen LogP contribution is -2.32. The van der Waals surface area contributed by atoms with Gasteiger partial charge in [0.15, 0.2) is 0 Å². The summed E-state index contributed by atoms with van der Waals surface area (Å²) in [6, 6.07) is 17.3. The highest BCUT2D eigenvalue weighted by Crippen LogP contribution is 2.16. The molecule has 0 bridgehead atoms. The number of nitrogens with one attached hydrogen (secondary N) is 2. The van der Waals surface area contributed by atoms with E-state index in [0.717, 1.165) is 12.0 Å². The van der Waals surface area contributed by atoms with E-state index in [4.69, 9.17) is 0 Å². The molecule has 0 saturated heterocycles. The Morgan fingerprint density at radius 3 is 2.13 bits per heavy atom. The number of nitrogens with zero attached hydrogens (tertiary/aromatic N) is 1. The number of pyridine rings is 1. The molecule has 6 nitrogen and oxygen atoms in total. The van der Waals surface area contributed by atoms with Crippen molar-refractivity contribution in [1.29, 1.82) is 0 Å². The molecule has 30 heavy (non-hydrogen) atoms. The van der Waals surface area contributed by atoms with Crippen LogP contribution in [0.3, 0.4) is 0 Å². The van der Waals surface area contributed by atoms with Gasteiger partial charge in [-0.05, 0) is 79.4 Å². The summed E-state index contributed by atoms with van der Waals surface area (Å²) in [6.45, 7) is 3.72. The Kier molecular flexibility index (Phi) is 6.97. The van der Waals surface area contributed by atoms with Gasteiger partial charge in [0.25, 0.3) is 5.91 Å². The highest BCUT2D eigenvalue weighted by molar-refractivity contribution is 7.89. The minimum atomic E-state index is -3.59. The summed E-state index contributed by atoms with van der Waals surface area (Å²) in [5.41, 5.74) is 3.36. The molecule has 0 spiro atoms. The van der Waals surface area contributed by atoms with Gasteiger partial charge in [-0.15, -0.1) is 0 Å². The van der Waals surface area contributed by atoms with Crippen LogP contribution in [0.1, 0.15) is 41.8 Å². The smallest absolute Gasteiger partial charge is 0.255 e. The average molecular weight is 424 g/mol. The molecule has 0 saturated carbocycles. The van der Waals surface area contributed by atoms with E-state index in [1.807, 2.05) is 50.2 Å². The van der Waals surface area contributed by atoms with Gasteiger partial charge in [0.05, 0.1) is 4.90 Å². The number of aromatic nitrogens is 1. The van der Waals surface area contributed by atoms with Gasteiger partial charge >= 0.3 is 0 Å². The van der Waals surface area contributed by atoms with Crippen LogP contribution in [0.25, 0.3) is 0 Å². The summed E-state index contributed by atoms with van der Waals surface area (Å²) in [6.07, 6.45) is 5.01. The normalized spacial score (nSPS) is 12.3. The zero-order chi connectivity index (χ0) is 21.6. The molecule has 1 aromatic heterocycles. The van der Waals surface area contributed by atoms with Crippen LogP contribution in [-0.4, -0.2) is 25.4 Å². The van der Waals surface area contributed by atoms with Gasteiger partial charge in [0.2, 0.25) is 10.0 Å². The molecule has 2 N–H and O–H groups in total. The maximum absolute atomic E-state index is 12.5. The van der Waals surface area contributed by atoms with Crippen molar-refractivity contribution in [3.63, 3.8) is 0 Å². The molecule has 156 valence electrons. The lowest BCUT2D eigenvalue weighted by atomic mass is 10.1. The number of carbonyl (C=O) groups is 1. The van der Waals surface area contributed by atoms with E-state index in [-0.39, 0.29) is 16.8 Å². The molecular weight excluding hydrogens is 398 g/mol. The van der Waals surface area contributed by atoms with Crippen molar-refractivity contribution >= 4 is 21.6 Å². The van der Waals surface area contributed by atoms with Gasteiger partial charge in [-0.2, -0.15) is 0 Å². The number of hydrogen-bond acceptors (Lipinski definition) is 4. The predicted octanol–water partition coefficient (Wildman–Crippen LogP) is 4.00. The van der Waals surface area contributed by atoms with Crippen LogP contribution in [0.15, 0.2) is 78.0 Å². The third kappa shape index (κ3) is 5.75. The van der Waals surface area contributed by atoms with E-state index in [1.54, 1.807) is 12.4 Å². The largest absolute Gasteiger partial charge is 0.322 e. The topological polar surface area (TPSA) is 88.2 Å². The molecular formula is C23H25N3O3S. The van der Waals surface area contributed by atoms with Crippen molar-refractivity contribution in [2.45, 2.75) is 37.6 Å². The van der Waals surface area contributed by atoms with E-state index in [9.17, 15) is 13.2 Å². The summed E-state index contributed by atoms with van der Waals surface area (Å²) in [5.74, 6) is -0.296. The third-order valence-electron chi connectivity index (χ3n) is 4.76. The van der Waals surface area contributed by atoms with E-state index in [2.05, 4.69) is 15.0 Å². The highest BCUT2D eigenvalue weighted by atomic mass is 32.2. The monoisotopic (exact) mass is 423 g/mol. The van der Waals surface area contributed by atoms with Gasteiger partial charge < -0.3 is 5.32 Å². The molecule has 7 heteroatoms. The van der Waals surface area contributed by atoms with Crippen LogP contribution in [0.2, 0.25) is 0 Å². The number of amides is 1. The average Bonchev–Trinajstić information content (AvgIpc) is 2.75. The maximum atomic E-state index is 12.5. The molecule has 3 rings (SSSR count). The minimum Gasteiger partial charge on any atom is -0.322 e. The summed E-state index contributed by atoms with van der Waals surface area (Å²) in [4.78, 5) is 16.6. The van der Waals surface area contributed by atoms with Gasteiger partial charge in [-0.1, -0.05) is 19.1 Å². The van der Waals surface area contributed by atoms with Crippen LogP contribution in [-0.2, 0) is 16.4 Å². The Morgan fingerprint density at radius 2 is 1.53 bits per heavy atom. The van der Waals surface area contributed by atoms with Gasteiger partial charge in [-0.3, -0.25) is 9.78 Å². The van der Waals surface area contributed by atoms with Crippen molar-refractivity contribution in [2.24, 2.45) is 0 Å². The summed E-state index contributed by atoms with van der Waals surface area (Å²) < 4.78 is 27.2. The maximum Gasteiger partial charge on any atom is 0.255 e. The molecule has 0 aliphatic heterocycles. The Balaban J connectivity index is 1.63. The van der Waals surface area contributed by atoms with Crippen LogP contribution >= 0.6 is 0 Å². The molecule has 1 atom stereocenters. The first-order valence-corrected chi connectivity index (χ1v) is 11.3. The second kappa shape index (κ2) is 9.65. The standard InChI is InChI=1S/C23H25N3O3S/c1-3-17(2)26-30(28,29)22-10-6-20(7-11-22)23(27)25-21-8-4-18(5-9-21)16-19-12-14-24-15-13-19/h4-15,17,26H,3,16H2,1-2H3,(H,25,27). The first-order valence-electron chi connectivity index (χ1n) is 9.79.